The van der Waals surface area contributed by atoms with Crippen LogP contribution in [0.15, 0.2) is 47.6 Å². The standard InChI is InChI=1S/C22H24ClN3O4S/c1-29-20-9-5-7-16-19-14-18(15-6-3-4-8-17(15)23)24-26(19)22(30-21(16)20)10-12-25(13-11-22)31(2,27)28/h3-9,19H,10-14H2,1-2H3. The predicted molar refractivity (Wildman–Crippen MR) is 119 cm³/mol. The van der Waals surface area contributed by atoms with E-state index >= 15 is 0 Å². The lowest BCUT2D eigenvalue weighted by atomic mass is 9.91. The van der Waals surface area contributed by atoms with Gasteiger partial charge in [0, 0.05) is 48.5 Å². The van der Waals surface area contributed by atoms with Crippen molar-refractivity contribution in [3.05, 3.63) is 58.6 Å². The average molecular weight is 462 g/mol. The van der Waals surface area contributed by atoms with Gasteiger partial charge < -0.3 is 9.47 Å². The van der Waals surface area contributed by atoms with Crippen molar-refractivity contribution in [2.24, 2.45) is 5.10 Å². The van der Waals surface area contributed by atoms with Crippen LogP contribution >= 0.6 is 11.6 Å². The van der Waals surface area contributed by atoms with Crippen LogP contribution in [0.1, 0.15) is 36.4 Å². The summed E-state index contributed by atoms with van der Waals surface area (Å²) in [5.41, 5.74) is 2.09. The van der Waals surface area contributed by atoms with E-state index in [1.165, 1.54) is 10.6 Å². The summed E-state index contributed by atoms with van der Waals surface area (Å²) < 4.78 is 37.8. The van der Waals surface area contributed by atoms with Crippen molar-refractivity contribution in [1.82, 2.24) is 9.31 Å². The van der Waals surface area contributed by atoms with Crippen molar-refractivity contribution in [2.75, 3.05) is 26.5 Å². The largest absolute Gasteiger partial charge is 0.493 e. The number of nitrogens with zero attached hydrogens (tertiary/aromatic N) is 3. The van der Waals surface area contributed by atoms with Crippen molar-refractivity contribution in [1.29, 1.82) is 0 Å². The monoisotopic (exact) mass is 461 g/mol. The number of piperidine rings is 1. The van der Waals surface area contributed by atoms with Gasteiger partial charge in [-0.2, -0.15) is 5.10 Å². The fraction of sp³-hybridized carbons (Fsp3) is 0.409. The molecule has 1 spiro atoms. The molecule has 0 aromatic heterocycles. The van der Waals surface area contributed by atoms with E-state index in [1.54, 1.807) is 7.11 Å². The average Bonchev–Trinajstić information content (AvgIpc) is 3.20. The second-order valence-corrected chi connectivity index (χ2v) is 10.6. The van der Waals surface area contributed by atoms with E-state index in [0.29, 0.717) is 43.1 Å². The van der Waals surface area contributed by atoms with Gasteiger partial charge in [0.25, 0.3) is 0 Å². The van der Waals surface area contributed by atoms with Gasteiger partial charge in [0.05, 0.1) is 25.1 Å². The van der Waals surface area contributed by atoms with Crippen LogP contribution in [-0.4, -0.2) is 55.6 Å². The summed E-state index contributed by atoms with van der Waals surface area (Å²) >= 11 is 6.47. The predicted octanol–water partition coefficient (Wildman–Crippen LogP) is 3.64. The van der Waals surface area contributed by atoms with Gasteiger partial charge in [0.1, 0.15) is 0 Å². The normalized spacial score (nSPS) is 22.5. The summed E-state index contributed by atoms with van der Waals surface area (Å²) in [7, 11) is -1.63. The second kappa shape index (κ2) is 7.39. The number of hydrazone groups is 1. The molecule has 0 bridgehead atoms. The van der Waals surface area contributed by atoms with Crippen LogP contribution in [0.5, 0.6) is 11.5 Å². The lowest BCUT2D eigenvalue weighted by molar-refractivity contribution is -0.144. The highest BCUT2D eigenvalue weighted by atomic mass is 35.5. The van der Waals surface area contributed by atoms with Gasteiger partial charge in [0.2, 0.25) is 15.7 Å². The summed E-state index contributed by atoms with van der Waals surface area (Å²) in [6.07, 6.45) is 2.95. The number of methoxy groups -OCH3 is 1. The van der Waals surface area contributed by atoms with Crippen molar-refractivity contribution >= 4 is 27.3 Å². The minimum absolute atomic E-state index is 0.0325. The van der Waals surface area contributed by atoms with Gasteiger partial charge in [-0.1, -0.05) is 41.9 Å². The Hall–Kier alpha value is -2.29. The number of fused-ring (bicyclic) bond motifs is 4. The summed E-state index contributed by atoms with van der Waals surface area (Å²) in [6.45, 7) is 0.757. The zero-order valence-corrected chi connectivity index (χ0v) is 19.0. The first-order valence-electron chi connectivity index (χ1n) is 10.3. The van der Waals surface area contributed by atoms with Gasteiger partial charge in [-0.05, 0) is 12.1 Å². The lowest BCUT2D eigenvalue weighted by Crippen LogP contribution is -2.59. The van der Waals surface area contributed by atoms with E-state index in [0.717, 1.165) is 22.6 Å². The molecule has 3 heterocycles. The Balaban J connectivity index is 1.59. The molecule has 0 radical (unpaired) electrons. The van der Waals surface area contributed by atoms with Crippen molar-refractivity contribution in [3.63, 3.8) is 0 Å². The molecule has 31 heavy (non-hydrogen) atoms. The fourth-order valence-corrected chi connectivity index (χ4v) is 5.88. The number of hydrogen-bond donors (Lipinski definition) is 0. The van der Waals surface area contributed by atoms with Crippen molar-refractivity contribution in [3.8, 4) is 11.5 Å². The van der Waals surface area contributed by atoms with Gasteiger partial charge in [0.15, 0.2) is 11.5 Å². The van der Waals surface area contributed by atoms with E-state index in [1.807, 2.05) is 47.5 Å². The molecule has 7 nitrogen and oxygen atoms in total. The molecule has 2 aromatic rings. The number of hydrogen-bond acceptors (Lipinski definition) is 6. The Morgan fingerprint density at radius 2 is 1.90 bits per heavy atom. The Kier molecular flexibility index (Phi) is 4.91. The maximum Gasteiger partial charge on any atom is 0.211 e. The summed E-state index contributed by atoms with van der Waals surface area (Å²) in [4.78, 5) is 0. The minimum atomic E-state index is -3.25. The Bertz CT molecular complexity index is 1160. The van der Waals surface area contributed by atoms with Crippen LogP contribution < -0.4 is 9.47 Å². The van der Waals surface area contributed by atoms with Crippen LogP contribution in [0.25, 0.3) is 0 Å². The minimum Gasteiger partial charge on any atom is -0.493 e. The van der Waals surface area contributed by atoms with Crippen molar-refractivity contribution < 1.29 is 17.9 Å². The van der Waals surface area contributed by atoms with Crippen molar-refractivity contribution in [2.45, 2.75) is 31.0 Å². The first kappa shape index (κ1) is 20.6. The third-order valence-corrected chi connectivity index (χ3v) is 8.00. The highest BCUT2D eigenvalue weighted by Crippen LogP contribution is 2.53. The molecule has 1 fully saturated rings. The molecule has 0 N–H and O–H groups in total. The second-order valence-electron chi connectivity index (χ2n) is 8.18. The Labute approximate surface area is 187 Å². The molecule has 1 unspecified atom stereocenters. The summed E-state index contributed by atoms with van der Waals surface area (Å²) in [5, 5.41) is 7.69. The molecule has 0 aliphatic carbocycles. The van der Waals surface area contributed by atoms with Crippen LogP contribution in [0.3, 0.4) is 0 Å². The highest BCUT2D eigenvalue weighted by molar-refractivity contribution is 7.88. The molecule has 2 aromatic carbocycles. The fourth-order valence-electron chi connectivity index (χ4n) is 4.79. The van der Waals surface area contributed by atoms with Crippen LogP contribution in [0.4, 0.5) is 0 Å². The van der Waals surface area contributed by atoms with Crippen LogP contribution in [0, 0.1) is 0 Å². The third-order valence-electron chi connectivity index (χ3n) is 6.37. The molecule has 0 amide bonds. The highest BCUT2D eigenvalue weighted by Gasteiger charge is 2.53. The third kappa shape index (κ3) is 3.37. The first-order chi connectivity index (χ1) is 14.8. The van der Waals surface area contributed by atoms with Gasteiger partial charge in [-0.3, -0.25) is 0 Å². The number of halogens is 1. The Morgan fingerprint density at radius 3 is 2.58 bits per heavy atom. The SMILES string of the molecule is COc1cccc2c1OC1(CCN(S(C)(=O)=O)CC1)N1N=C(c3ccccc3Cl)CC21. The number of para-hydroxylation sites is 1. The zero-order valence-electron chi connectivity index (χ0n) is 17.4. The van der Waals surface area contributed by atoms with Gasteiger partial charge in [-0.25, -0.2) is 17.7 Å². The van der Waals surface area contributed by atoms with Crippen LogP contribution in [-0.2, 0) is 10.0 Å². The number of ether oxygens (including phenoxy) is 2. The van der Waals surface area contributed by atoms with Crippen LogP contribution in [0.2, 0.25) is 5.02 Å². The van der Waals surface area contributed by atoms with E-state index in [-0.39, 0.29) is 6.04 Å². The molecule has 3 aliphatic heterocycles. The maximum absolute atomic E-state index is 12.1. The van der Waals surface area contributed by atoms with Gasteiger partial charge in [-0.15, -0.1) is 0 Å². The van der Waals surface area contributed by atoms with E-state index in [9.17, 15) is 8.42 Å². The lowest BCUT2D eigenvalue weighted by Gasteiger charge is -2.50. The number of rotatable bonds is 3. The molecule has 5 rings (SSSR count). The summed E-state index contributed by atoms with van der Waals surface area (Å²) in [6, 6.07) is 13.6. The molecule has 9 heteroatoms. The number of benzene rings is 2. The van der Waals surface area contributed by atoms with E-state index in [2.05, 4.69) is 0 Å². The molecule has 1 saturated heterocycles. The molecule has 1 atom stereocenters. The quantitative estimate of drug-likeness (QED) is 0.697. The molecule has 0 saturated carbocycles. The maximum atomic E-state index is 12.1. The van der Waals surface area contributed by atoms with E-state index < -0.39 is 15.7 Å². The summed E-state index contributed by atoms with van der Waals surface area (Å²) in [5.74, 6) is 1.39. The topological polar surface area (TPSA) is 71.4 Å². The molecule has 3 aliphatic rings. The number of sulfonamides is 1. The molecule has 164 valence electrons. The molecular formula is C22H24ClN3O4S. The zero-order chi connectivity index (χ0) is 21.8. The smallest absolute Gasteiger partial charge is 0.211 e. The van der Waals surface area contributed by atoms with E-state index in [4.69, 9.17) is 26.2 Å². The first-order valence-corrected chi connectivity index (χ1v) is 12.5. The molecular weight excluding hydrogens is 438 g/mol. The Morgan fingerprint density at radius 1 is 1.16 bits per heavy atom. The van der Waals surface area contributed by atoms with Gasteiger partial charge >= 0.3 is 0 Å².